The maximum atomic E-state index is 6.15. The highest BCUT2D eigenvalue weighted by molar-refractivity contribution is 5.45. The summed E-state index contributed by atoms with van der Waals surface area (Å²) in [6.45, 7) is 10.8. The second kappa shape index (κ2) is 5.47. The highest BCUT2D eigenvalue weighted by atomic mass is 16.5. The summed E-state index contributed by atoms with van der Waals surface area (Å²) in [6, 6.07) is 4.26. The van der Waals surface area contributed by atoms with E-state index in [4.69, 9.17) is 10.5 Å². The van der Waals surface area contributed by atoms with Gasteiger partial charge in [0.25, 0.3) is 0 Å². The average Bonchev–Trinajstić information content (AvgIpc) is 2.38. The summed E-state index contributed by atoms with van der Waals surface area (Å²) < 4.78 is 5.77. The van der Waals surface area contributed by atoms with E-state index in [-0.39, 0.29) is 11.6 Å². The van der Waals surface area contributed by atoms with Gasteiger partial charge >= 0.3 is 0 Å². The quantitative estimate of drug-likeness (QED) is 0.908. The zero-order valence-electron chi connectivity index (χ0n) is 12.4. The molecule has 0 amide bonds. The van der Waals surface area contributed by atoms with Crippen molar-refractivity contribution in [2.75, 3.05) is 24.6 Å². The van der Waals surface area contributed by atoms with E-state index in [2.05, 4.69) is 35.9 Å². The van der Waals surface area contributed by atoms with Crippen molar-refractivity contribution in [3.05, 3.63) is 24.0 Å². The third-order valence-corrected chi connectivity index (χ3v) is 3.62. The van der Waals surface area contributed by atoms with Crippen LogP contribution in [0.5, 0.6) is 0 Å². The molecule has 0 spiro atoms. The second-order valence-corrected chi connectivity index (χ2v) is 6.22. The Morgan fingerprint density at radius 1 is 1.42 bits per heavy atom. The molecule has 0 unspecified atom stereocenters. The summed E-state index contributed by atoms with van der Waals surface area (Å²) in [5.41, 5.74) is 8.12. The lowest BCUT2D eigenvalue weighted by Gasteiger charge is -2.40. The molecule has 0 bridgehead atoms. The Balaban J connectivity index is 2.09. The Morgan fingerprint density at radius 2 is 2.16 bits per heavy atom. The summed E-state index contributed by atoms with van der Waals surface area (Å²) >= 11 is 0. The van der Waals surface area contributed by atoms with Crippen LogP contribution in [0.4, 0.5) is 5.69 Å². The predicted octanol–water partition coefficient (Wildman–Crippen LogP) is 2.15. The van der Waals surface area contributed by atoms with Crippen molar-refractivity contribution in [3.63, 3.8) is 0 Å². The molecule has 2 N–H and O–H groups in total. The monoisotopic (exact) mass is 263 g/mol. The number of hydrogen-bond donors (Lipinski definition) is 1. The van der Waals surface area contributed by atoms with E-state index in [0.717, 1.165) is 31.1 Å². The van der Waals surface area contributed by atoms with Gasteiger partial charge in [0.2, 0.25) is 0 Å². The molecule has 0 aliphatic carbocycles. The lowest BCUT2D eigenvalue weighted by Crippen LogP contribution is -2.56. The van der Waals surface area contributed by atoms with E-state index in [9.17, 15) is 0 Å². The normalized spacial score (nSPS) is 20.9. The first-order valence-electron chi connectivity index (χ1n) is 6.99. The summed E-state index contributed by atoms with van der Waals surface area (Å²) in [5, 5.41) is 0. The van der Waals surface area contributed by atoms with E-state index in [1.54, 1.807) is 0 Å². The number of pyridine rings is 1. The Bertz CT molecular complexity index is 408. The van der Waals surface area contributed by atoms with Crippen molar-refractivity contribution in [2.45, 2.75) is 45.3 Å². The van der Waals surface area contributed by atoms with Gasteiger partial charge in [-0.15, -0.1) is 0 Å². The molecule has 1 atom stereocenters. The van der Waals surface area contributed by atoms with Crippen molar-refractivity contribution in [2.24, 2.45) is 5.73 Å². The molecule has 4 heteroatoms. The highest BCUT2D eigenvalue weighted by Gasteiger charge is 2.31. The van der Waals surface area contributed by atoms with E-state index < -0.39 is 0 Å². The number of rotatable bonds is 3. The summed E-state index contributed by atoms with van der Waals surface area (Å²) in [6.07, 6.45) is 2.02. The molecule has 1 aliphatic rings. The lowest BCUT2D eigenvalue weighted by atomic mass is 9.97. The molecule has 0 radical (unpaired) electrons. The Morgan fingerprint density at radius 3 is 2.68 bits per heavy atom. The molecule has 1 aromatic heterocycles. The molecule has 1 saturated heterocycles. The molecule has 2 heterocycles. The van der Waals surface area contributed by atoms with Crippen molar-refractivity contribution < 1.29 is 4.74 Å². The van der Waals surface area contributed by atoms with Crippen molar-refractivity contribution >= 4 is 5.69 Å². The van der Waals surface area contributed by atoms with Crippen LogP contribution in [0.25, 0.3) is 0 Å². The minimum absolute atomic E-state index is 0.0611. The van der Waals surface area contributed by atoms with Crippen LogP contribution in [0.3, 0.4) is 0 Å². The molecule has 106 valence electrons. The van der Waals surface area contributed by atoms with E-state index in [0.29, 0.717) is 5.92 Å². The van der Waals surface area contributed by atoms with Gasteiger partial charge in [0.15, 0.2) is 0 Å². The van der Waals surface area contributed by atoms with Gasteiger partial charge in [-0.2, -0.15) is 0 Å². The number of morpholine rings is 1. The van der Waals surface area contributed by atoms with Crippen molar-refractivity contribution in [3.8, 4) is 0 Å². The first-order valence-corrected chi connectivity index (χ1v) is 6.99. The molecule has 1 aliphatic heterocycles. The molecule has 2 rings (SSSR count). The predicted molar refractivity (Wildman–Crippen MR) is 78.5 cm³/mol. The lowest BCUT2D eigenvalue weighted by molar-refractivity contribution is -0.000229. The summed E-state index contributed by atoms with van der Waals surface area (Å²) in [4.78, 5) is 6.83. The molecular weight excluding hydrogens is 238 g/mol. The van der Waals surface area contributed by atoms with E-state index >= 15 is 0 Å². The highest BCUT2D eigenvalue weighted by Crippen LogP contribution is 2.22. The minimum Gasteiger partial charge on any atom is -0.373 e. The number of ether oxygens (including phenoxy) is 1. The van der Waals surface area contributed by atoms with Crippen LogP contribution in [0.2, 0.25) is 0 Å². The zero-order valence-corrected chi connectivity index (χ0v) is 12.4. The number of nitrogens with zero attached hydrogens (tertiary/aromatic N) is 2. The largest absolute Gasteiger partial charge is 0.373 e. The van der Waals surface area contributed by atoms with Gasteiger partial charge in [-0.3, -0.25) is 4.98 Å². The Labute approximate surface area is 116 Å². The van der Waals surface area contributed by atoms with Crippen LogP contribution in [-0.4, -0.2) is 36.3 Å². The molecule has 1 fully saturated rings. The maximum absolute atomic E-state index is 6.15. The topological polar surface area (TPSA) is 51.4 Å². The van der Waals surface area contributed by atoms with Gasteiger partial charge in [0, 0.05) is 24.3 Å². The van der Waals surface area contributed by atoms with Crippen LogP contribution in [-0.2, 0) is 4.74 Å². The molecule has 1 aromatic rings. The zero-order chi connectivity index (χ0) is 14.0. The molecule has 0 aromatic carbocycles. The SMILES string of the molecule is CC(C)c1ccc(N2CCO[C@H](C(C)(C)N)C2)cn1. The first kappa shape index (κ1) is 14.3. The van der Waals surface area contributed by atoms with Gasteiger partial charge in [0.1, 0.15) is 0 Å². The number of anilines is 1. The summed E-state index contributed by atoms with van der Waals surface area (Å²) in [7, 11) is 0. The van der Waals surface area contributed by atoms with Gasteiger partial charge in [0.05, 0.1) is 24.6 Å². The second-order valence-electron chi connectivity index (χ2n) is 6.22. The number of aromatic nitrogens is 1. The van der Waals surface area contributed by atoms with Crippen molar-refractivity contribution in [1.82, 2.24) is 4.98 Å². The Hall–Kier alpha value is -1.13. The van der Waals surface area contributed by atoms with Gasteiger partial charge in [-0.25, -0.2) is 0 Å². The molecule has 19 heavy (non-hydrogen) atoms. The first-order chi connectivity index (χ1) is 8.88. The van der Waals surface area contributed by atoms with Gasteiger partial charge < -0.3 is 15.4 Å². The van der Waals surface area contributed by atoms with Crippen molar-refractivity contribution in [1.29, 1.82) is 0 Å². The van der Waals surface area contributed by atoms with Gasteiger partial charge in [-0.1, -0.05) is 13.8 Å². The van der Waals surface area contributed by atoms with Gasteiger partial charge in [-0.05, 0) is 31.9 Å². The minimum atomic E-state index is -0.316. The molecule has 4 nitrogen and oxygen atoms in total. The van der Waals surface area contributed by atoms with E-state index in [1.807, 2.05) is 20.0 Å². The average molecular weight is 263 g/mol. The van der Waals surface area contributed by atoms with Crippen LogP contribution in [0, 0.1) is 0 Å². The van der Waals surface area contributed by atoms with Crippen LogP contribution >= 0.6 is 0 Å². The smallest absolute Gasteiger partial charge is 0.0924 e. The summed E-state index contributed by atoms with van der Waals surface area (Å²) in [5.74, 6) is 0.467. The third-order valence-electron chi connectivity index (χ3n) is 3.62. The van der Waals surface area contributed by atoms with E-state index in [1.165, 1.54) is 0 Å². The number of nitrogens with two attached hydrogens (primary N) is 1. The van der Waals surface area contributed by atoms with Crippen LogP contribution in [0.1, 0.15) is 39.3 Å². The molecular formula is C15H25N3O. The third kappa shape index (κ3) is 3.45. The Kier molecular flexibility index (Phi) is 4.11. The fraction of sp³-hybridized carbons (Fsp3) is 0.667. The van der Waals surface area contributed by atoms with Crippen LogP contribution < -0.4 is 10.6 Å². The standard InChI is InChI=1S/C15H25N3O/c1-11(2)13-6-5-12(9-17-13)18-7-8-19-14(10-18)15(3,4)16/h5-6,9,11,14H,7-8,10,16H2,1-4H3/t14-/m0/s1. The maximum Gasteiger partial charge on any atom is 0.0924 e. The number of hydrogen-bond acceptors (Lipinski definition) is 4. The molecule has 0 saturated carbocycles. The van der Waals surface area contributed by atoms with Crippen LogP contribution in [0.15, 0.2) is 18.3 Å². The fourth-order valence-corrected chi connectivity index (χ4v) is 2.26. The fourth-order valence-electron chi connectivity index (χ4n) is 2.26.